The van der Waals surface area contributed by atoms with Crippen LogP contribution in [-0.4, -0.2) is 24.2 Å². The molecule has 0 bridgehead atoms. The summed E-state index contributed by atoms with van der Waals surface area (Å²) < 4.78 is 0. The van der Waals surface area contributed by atoms with Crippen LogP contribution in [0.2, 0.25) is 0 Å². The van der Waals surface area contributed by atoms with Crippen LogP contribution >= 0.6 is 0 Å². The number of anilines is 1. The summed E-state index contributed by atoms with van der Waals surface area (Å²) >= 11 is 0. The van der Waals surface area contributed by atoms with E-state index in [0.717, 1.165) is 24.3 Å². The average Bonchev–Trinajstić information content (AvgIpc) is 2.69. The lowest BCUT2D eigenvalue weighted by Crippen LogP contribution is -2.18. The Morgan fingerprint density at radius 2 is 2.00 bits per heavy atom. The van der Waals surface area contributed by atoms with Crippen molar-refractivity contribution in [1.29, 1.82) is 0 Å². The molecule has 2 rings (SSSR count). The van der Waals surface area contributed by atoms with Crippen molar-refractivity contribution in [2.75, 3.05) is 18.0 Å². The molecule has 0 saturated carbocycles. The first kappa shape index (κ1) is 9.77. The molecule has 15 heavy (non-hydrogen) atoms. The van der Waals surface area contributed by atoms with Gasteiger partial charge in [-0.25, -0.2) is 4.79 Å². The summed E-state index contributed by atoms with van der Waals surface area (Å²) in [6.07, 6.45) is 4.22. The maximum absolute atomic E-state index is 10.8. The van der Waals surface area contributed by atoms with Gasteiger partial charge in [-0.1, -0.05) is 12.2 Å². The Labute approximate surface area is 88.6 Å². The minimum Gasteiger partial charge on any atom is -0.478 e. The van der Waals surface area contributed by atoms with E-state index in [1.807, 2.05) is 19.1 Å². The molecule has 0 aromatic heterocycles. The van der Waals surface area contributed by atoms with Gasteiger partial charge in [0, 0.05) is 18.8 Å². The van der Waals surface area contributed by atoms with Crippen LogP contribution in [0.1, 0.15) is 15.9 Å². The monoisotopic (exact) mass is 203 g/mol. The molecule has 0 radical (unpaired) electrons. The highest BCUT2D eigenvalue weighted by Gasteiger charge is 2.11. The highest BCUT2D eigenvalue weighted by Crippen LogP contribution is 2.20. The summed E-state index contributed by atoms with van der Waals surface area (Å²) in [6, 6.07) is 5.46. The van der Waals surface area contributed by atoms with Crippen molar-refractivity contribution in [2.24, 2.45) is 0 Å². The van der Waals surface area contributed by atoms with E-state index < -0.39 is 5.97 Å². The highest BCUT2D eigenvalue weighted by molar-refractivity contribution is 5.89. The molecule has 78 valence electrons. The zero-order chi connectivity index (χ0) is 10.8. The highest BCUT2D eigenvalue weighted by atomic mass is 16.4. The second-order valence-corrected chi connectivity index (χ2v) is 3.68. The Morgan fingerprint density at radius 3 is 2.53 bits per heavy atom. The predicted octanol–water partition coefficient (Wildman–Crippen LogP) is 2.07. The Morgan fingerprint density at radius 1 is 1.33 bits per heavy atom. The first-order valence-electron chi connectivity index (χ1n) is 4.92. The van der Waals surface area contributed by atoms with Crippen LogP contribution in [0, 0.1) is 6.92 Å². The lowest BCUT2D eigenvalue weighted by Gasteiger charge is -2.18. The standard InChI is InChI=1S/C12H13NO2/c1-9-8-10(13-6-2-3-7-13)4-5-11(9)12(14)15/h2-5,8H,6-7H2,1H3,(H,14,15). The fourth-order valence-corrected chi connectivity index (χ4v) is 1.77. The fraction of sp³-hybridized carbons (Fsp3) is 0.250. The molecule has 0 fully saturated rings. The number of carboxylic acids is 1. The first-order chi connectivity index (χ1) is 7.18. The molecule has 3 heteroatoms. The SMILES string of the molecule is Cc1cc(N2CC=CC2)ccc1C(=O)O. The minimum absolute atomic E-state index is 0.380. The first-order valence-corrected chi connectivity index (χ1v) is 4.92. The zero-order valence-corrected chi connectivity index (χ0v) is 8.60. The van der Waals surface area contributed by atoms with E-state index in [0.29, 0.717) is 5.56 Å². The van der Waals surface area contributed by atoms with Gasteiger partial charge in [-0.05, 0) is 30.7 Å². The van der Waals surface area contributed by atoms with Crippen molar-refractivity contribution in [2.45, 2.75) is 6.92 Å². The molecule has 1 aromatic rings. The number of carboxylic acid groups (broad SMARTS) is 1. The Kier molecular flexibility index (Phi) is 2.46. The van der Waals surface area contributed by atoms with Crippen molar-refractivity contribution in [1.82, 2.24) is 0 Å². The quantitative estimate of drug-likeness (QED) is 0.748. The van der Waals surface area contributed by atoms with Crippen LogP contribution in [0.15, 0.2) is 30.4 Å². The third-order valence-electron chi connectivity index (χ3n) is 2.62. The number of carbonyl (C=O) groups is 1. The second-order valence-electron chi connectivity index (χ2n) is 3.68. The average molecular weight is 203 g/mol. The normalized spacial score (nSPS) is 14.6. The van der Waals surface area contributed by atoms with Gasteiger partial charge in [-0.3, -0.25) is 0 Å². The Hall–Kier alpha value is -1.77. The lowest BCUT2D eigenvalue weighted by atomic mass is 10.1. The van der Waals surface area contributed by atoms with Crippen molar-refractivity contribution in [3.63, 3.8) is 0 Å². The smallest absolute Gasteiger partial charge is 0.335 e. The molecule has 3 nitrogen and oxygen atoms in total. The number of nitrogens with zero attached hydrogens (tertiary/aromatic N) is 1. The van der Waals surface area contributed by atoms with Gasteiger partial charge in [0.2, 0.25) is 0 Å². The third kappa shape index (κ3) is 1.86. The number of rotatable bonds is 2. The second kappa shape index (κ2) is 3.77. The van der Waals surface area contributed by atoms with Crippen LogP contribution in [-0.2, 0) is 0 Å². The summed E-state index contributed by atoms with van der Waals surface area (Å²) in [6.45, 7) is 3.65. The van der Waals surface area contributed by atoms with E-state index in [1.54, 1.807) is 6.07 Å². The molecular formula is C12H13NO2. The van der Waals surface area contributed by atoms with Crippen LogP contribution in [0.25, 0.3) is 0 Å². The van der Waals surface area contributed by atoms with Gasteiger partial charge in [-0.2, -0.15) is 0 Å². The van der Waals surface area contributed by atoms with Gasteiger partial charge >= 0.3 is 5.97 Å². The summed E-state index contributed by atoms with van der Waals surface area (Å²) in [5.41, 5.74) is 2.28. The van der Waals surface area contributed by atoms with E-state index in [1.165, 1.54) is 0 Å². The summed E-state index contributed by atoms with van der Waals surface area (Å²) in [5, 5.41) is 8.90. The summed E-state index contributed by atoms with van der Waals surface area (Å²) in [4.78, 5) is 13.0. The number of hydrogen-bond donors (Lipinski definition) is 1. The molecule has 0 aliphatic carbocycles. The third-order valence-corrected chi connectivity index (χ3v) is 2.62. The zero-order valence-electron chi connectivity index (χ0n) is 8.60. The van der Waals surface area contributed by atoms with E-state index in [-0.39, 0.29) is 0 Å². The van der Waals surface area contributed by atoms with Gasteiger partial charge < -0.3 is 10.0 Å². The molecule has 1 aliphatic heterocycles. The van der Waals surface area contributed by atoms with Gasteiger partial charge in [0.1, 0.15) is 0 Å². The largest absolute Gasteiger partial charge is 0.478 e. The molecule has 0 saturated heterocycles. The van der Waals surface area contributed by atoms with Crippen molar-refractivity contribution < 1.29 is 9.90 Å². The number of hydrogen-bond acceptors (Lipinski definition) is 2. The molecule has 0 spiro atoms. The molecule has 0 atom stereocenters. The van der Waals surface area contributed by atoms with E-state index in [9.17, 15) is 4.79 Å². The molecule has 0 amide bonds. The number of aromatic carboxylic acids is 1. The maximum Gasteiger partial charge on any atom is 0.335 e. The van der Waals surface area contributed by atoms with E-state index in [2.05, 4.69) is 17.1 Å². The van der Waals surface area contributed by atoms with E-state index >= 15 is 0 Å². The molecule has 0 unspecified atom stereocenters. The Balaban J connectivity index is 2.29. The summed E-state index contributed by atoms with van der Waals surface area (Å²) in [5.74, 6) is -0.862. The molecule has 1 N–H and O–H groups in total. The molecular weight excluding hydrogens is 190 g/mol. The molecule has 1 aliphatic rings. The van der Waals surface area contributed by atoms with Gasteiger partial charge in [0.05, 0.1) is 5.56 Å². The molecule has 1 heterocycles. The predicted molar refractivity (Wildman–Crippen MR) is 59.5 cm³/mol. The topological polar surface area (TPSA) is 40.5 Å². The molecule has 1 aromatic carbocycles. The Bertz CT molecular complexity index is 416. The maximum atomic E-state index is 10.8. The van der Waals surface area contributed by atoms with Gasteiger partial charge in [-0.15, -0.1) is 0 Å². The summed E-state index contributed by atoms with van der Waals surface area (Å²) in [7, 11) is 0. The van der Waals surface area contributed by atoms with Crippen LogP contribution in [0.3, 0.4) is 0 Å². The van der Waals surface area contributed by atoms with Gasteiger partial charge in [0.15, 0.2) is 0 Å². The van der Waals surface area contributed by atoms with Crippen LogP contribution < -0.4 is 4.90 Å². The van der Waals surface area contributed by atoms with Gasteiger partial charge in [0.25, 0.3) is 0 Å². The van der Waals surface area contributed by atoms with Crippen molar-refractivity contribution in [3.05, 3.63) is 41.5 Å². The van der Waals surface area contributed by atoms with Crippen LogP contribution in [0.5, 0.6) is 0 Å². The fourth-order valence-electron chi connectivity index (χ4n) is 1.77. The number of aryl methyl sites for hydroxylation is 1. The van der Waals surface area contributed by atoms with Crippen LogP contribution in [0.4, 0.5) is 5.69 Å². The number of benzene rings is 1. The van der Waals surface area contributed by atoms with E-state index in [4.69, 9.17) is 5.11 Å². The lowest BCUT2D eigenvalue weighted by molar-refractivity contribution is 0.0696. The minimum atomic E-state index is -0.862. The van der Waals surface area contributed by atoms with Crippen molar-refractivity contribution in [3.8, 4) is 0 Å². The van der Waals surface area contributed by atoms with Crippen molar-refractivity contribution >= 4 is 11.7 Å².